The molecule has 2 fully saturated rings. The van der Waals surface area contributed by atoms with E-state index in [2.05, 4.69) is 10.2 Å². The van der Waals surface area contributed by atoms with Crippen LogP contribution in [0.2, 0.25) is 0 Å². The van der Waals surface area contributed by atoms with Crippen LogP contribution < -0.4 is 10.1 Å². The SMILES string of the molecule is COc1ccc(C(=O)NC[C@@H](c2ccco2)N2CCCC2)cc1S(=O)(=O)N1CCCC1. The molecule has 8 nitrogen and oxygen atoms in total. The smallest absolute Gasteiger partial charge is 0.251 e. The summed E-state index contributed by atoms with van der Waals surface area (Å²) in [5.74, 6) is 0.736. The summed E-state index contributed by atoms with van der Waals surface area (Å²) in [6, 6.07) is 8.27. The van der Waals surface area contributed by atoms with E-state index in [0.717, 1.165) is 44.5 Å². The van der Waals surface area contributed by atoms with Crippen LogP contribution in [0.3, 0.4) is 0 Å². The fraction of sp³-hybridized carbons (Fsp3) is 0.500. The molecule has 9 heteroatoms. The summed E-state index contributed by atoms with van der Waals surface area (Å²) in [5, 5.41) is 2.96. The Bertz CT molecular complexity index is 994. The number of methoxy groups -OCH3 is 1. The van der Waals surface area contributed by atoms with Gasteiger partial charge >= 0.3 is 0 Å². The number of carbonyl (C=O) groups excluding carboxylic acids is 1. The van der Waals surface area contributed by atoms with Crippen molar-refractivity contribution in [3.8, 4) is 5.75 Å². The van der Waals surface area contributed by atoms with Crippen molar-refractivity contribution in [1.82, 2.24) is 14.5 Å². The van der Waals surface area contributed by atoms with Gasteiger partial charge in [-0.15, -0.1) is 0 Å². The quantitative estimate of drug-likeness (QED) is 0.669. The highest BCUT2D eigenvalue weighted by Gasteiger charge is 2.31. The second-order valence-corrected chi connectivity index (χ2v) is 9.87. The third-order valence-electron chi connectivity index (χ3n) is 6.02. The van der Waals surface area contributed by atoms with E-state index in [4.69, 9.17) is 9.15 Å². The van der Waals surface area contributed by atoms with Crippen LogP contribution >= 0.6 is 0 Å². The van der Waals surface area contributed by atoms with Crippen LogP contribution in [0.1, 0.15) is 47.8 Å². The third kappa shape index (κ3) is 4.63. The molecule has 2 aliphatic rings. The minimum absolute atomic E-state index is 0.0340. The van der Waals surface area contributed by atoms with Crippen LogP contribution in [-0.2, 0) is 10.0 Å². The van der Waals surface area contributed by atoms with Crippen LogP contribution in [0.5, 0.6) is 5.75 Å². The number of sulfonamides is 1. The van der Waals surface area contributed by atoms with Crippen LogP contribution in [0.15, 0.2) is 45.9 Å². The van der Waals surface area contributed by atoms with E-state index >= 15 is 0 Å². The molecule has 0 aliphatic carbocycles. The van der Waals surface area contributed by atoms with Gasteiger partial charge in [-0.3, -0.25) is 9.69 Å². The van der Waals surface area contributed by atoms with Crippen molar-refractivity contribution >= 4 is 15.9 Å². The number of hydrogen-bond acceptors (Lipinski definition) is 6. The molecule has 2 saturated heterocycles. The number of likely N-dealkylation sites (tertiary alicyclic amines) is 1. The van der Waals surface area contributed by atoms with Gasteiger partial charge in [0.1, 0.15) is 16.4 Å². The van der Waals surface area contributed by atoms with E-state index < -0.39 is 10.0 Å². The number of nitrogens with zero attached hydrogens (tertiary/aromatic N) is 2. The van der Waals surface area contributed by atoms with E-state index in [1.54, 1.807) is 18.4 Å². The fourth-order valence-electron chi connectivity index (χ4n) is 4.32. The van der Waals surface area contributed by atoms with Crippen molar-refractivity contribution in [3.63, 3.8) is 0 Å². The van der Waals surface area contributed by atoms with Gasteiger partial charge < -0.3 is 14.5 Å². The van der Waals surface area contributed by atoms with Gasteiger partial charge in [-0.1, -0.05) is 0 Å². The Balaban J connectivity index is 1.53. The molecule has 168 valence electrons. The van der Waals surface area contributed by atoms with E-state index in [0.29, 0.717) is 19.6 Å². The lowest BCUT2D eigenvalue weighted by Gasteiger charge is -2.26. The molecule has 1 aromatic heterocycles. The number of carbonyl (C=O) groups is 1. The van der Waals surface area contributed by atoms with Crippen LogP contribution in [-0.4, -0.2) is 63.4 Å². The molecule has 2 aliphatic heterocycles. The molecule has 4 rings (SSSR count). The van der Waals surface area contributed by atoms with Crippen LogP contribution in [0.25, 0.3) is 0 Å². The molecule has 2 aromatic rings. The van der Waals surface area contributed by atoms with Crippen molar-refractivity contribution in [1.29, 1.82) is 0 Å². The van der Waals surface area contributed by atoms with Crippen molar-refractivity contribution in [2.75, 3.05) is 39.8 Å². The van der Waals surface area contributed by atoms with E-state index in [1.165, 1.54) is 17.5 Å². The summed E-state index contributed by atoms with van der Waals surface area (Å²) in [7, 11) is -2.28. The maximum absolute atomic E-state index is 13.1. The minimum Gasteiger partial charge on any atom is -0.495 e. The van der Waals surface area contributed by atoms with Gasteiger partial charge in [0.15, 0.2) is 0 Å². The summed E-state index contributed by atoms with van der Waals surface area (Å²) in [5.41, 5.74) is 0.290. The summed E-state index contributed by atoms with van der Waals surface area (Å²) >= 11 is 0. The zero-order valence-corrected chi connectivity index (χ0v) is 18.6. The van der Waals surface area contributed by atoms with Gasteiger partial charge in [-0.2, -0.15) is 4.31 Å². The lowest BCUT2D eigenvalue weighted by atomic mass is 10.1. The minimum atomic E-state index is -3.71. The first-order chi connectivity index (χ1) is 15.0. The number of furan rings is 1. The van der Waals surface area contributed by atoms with E-state index in [1.807, 2.05) is 12.1 Å². The van der Waals surface area contributed by atoms with Gasteiger partial charge in [-0.25, -0.2) is 8.42 Å². The standard InChI is InChI=1S/C22H29N3O5S/c1-29-20-9-8-17(15-21(20)31(27,28)25-12-4-5-13-25)22(26)23-16-18(19-7-6-14-30-19)24-10-2-3-11-24/h6-9,14-15,18H,2-5,10-13,16H2,1H3,(H,23,26)/t18-/m0/s1. The first-order valence-electron chi connectivity index (χ1n) is 10.7. The highest BCUT2D eigenvalue weighted by Crippen LogP contribution is 2.30. The first-order valence-corrected chi connectivity index (χ1v) is 12.2. The predicted molar refractivity (Wildman–Crippen MR) is 116 cm³/mol. The predicted octanol–water partition coefficient (Wildman–Crippen LogP) is 2.64. The molecular weight excluding hydrogens is 418 g/mol. The van der Waals surface area contributed by atoms with Crippen LogP contribution in [0.4, 0.5) is 0 Å². The second-order valence-electron chi connectivity index (χ2n) is 7.96. The van der Waals surface area contributed by atoms with Gasteiger partial charge in [0.25, 0.3) is 5.91 Å². The monoisotopic (exact) mass is 447 g/mol. The zero-order valence-electron chi connectivity index (χ0n) is 17.7. The Morgan fingerprint density at radius 2 is 1.84 bits per heavy atom. The largest absolute Gasteiger partial charge is 0.495 e. The van der Waals surface area contributed by atoms with E-state index in [9.17, 15) is 13.2 Å². The molecule has 0 unspecified atom stereocenters. The highest BCUT2D eigenvalue weighted by molar-refractivity contribution is 7.89. The molecule has 0 saturated carbocycles. The third-order valence-corrected chi connectivity index (χ3v) is 7.94. The number of nitrogens with one attached hydrogen (secondary N) is 1. The molecule has 1 amide bonds. The average molecular weight is 448 g/mol. The van der Waals surface area contributed by atoms with Gasteiger partial charge in [0.05, 0.1) is 19.4 Å². The van der Waals surface area contributed by atoms with Crippen molar-refractivity contribution in [3.05, 3.63) is 47.9 Å². The average Bonchev–Trinajstić information content (AvgIpc) is 3.57. The fourth-order valence-corrected chi connectivity index (χ4v) is 6.02. The topological polar surface area (TPSA) is 92.1 Å². The molecule has 1 aromatic carbocycles. The van der Waals surface area contributed by atoms with Crippen molar-refractivity contribution < 1.29 is 22.4 Å². The lowest BCUT2D eigenvalue weighted by molar-refractivity contribution is 0.0933. The number of amides is 1. The number of rotatable bonds is 8. The summed E-state index contributed by atoms with van der Waals surface area (Å²) < 4.78 is 38.5. The Kier molecular flexibility index (Phi) is 6.64. The Morgan fingerprint density at radius 3 is 2.48 bits per heavy atom. The molecular formula is C22H29N3O5S. The summed E-state index contributed by atoms with van der Waals surface area (Å²) in [6.07, 6.45) is 5.57. The summed E-state index contributed by atoms with van der Waals surface area (Å²) in [4.78, 5) is 15.3. The molecule has 31 heavy (non-hydrogen) atoms. The normalized spacial score (nSPS) is 18.9. The highest BCUT2D eigenvalue weighted by atomic mass is 32.2. The Hall–Kier alpha value is -2.36. The molecule has 1 N–H and O–H groups in total. The Labute approximate surface area is 183 Å². The van der Waals surface area contributed by atoms with Crippen molar-refractivity contribution in [2.24, 2.45) is 0 Å². The number of ether oxygens (including phenoxy) is 1. The second kappa shape index (κ2) is 9.42. The number of hydrogen-bond donors (Lipinski definition) is 1. The van der Waals surface area contributed by atoms with Gasteiger partial charge in [0, 0.05) is 25.2 Å². The van der Waals surface area contributed by atoms with Gasteiger partial charge in [-0.05, 0) is 69.1 Å². The molecule has 3 heterocycles. The van der Waals surface area contributed by atoms with Gasteiger partial charge in [0.2, 0.25) is 10.0 Å². The maximum Gasteiger partial charge on any atom is 0.251 e. The molecule has 0 spiro atoms. The zero-order chi connectivity index (χ0) is 21.8. The maximum atomic E-state index is 13.1. The van der Waals surface area contributed by atoms with Crippen LogP contribution in [0, 0.1) is 0 Å². The number of benzene rings is 1. The van der Waals surface area contributed by atoms with E-state index in [-0.39, 0.29) is 28.2 Å². The first kappa shape index (κ1) is 21.9. The molecule has 0 radical (unpaired) electrons. The lowest BCUT2D eigenvalue weighted by Crippen LogP contribution is -2.36. The Morgan fingerprint density at radius 1 is 1.13 bits per heavy atom. The van der Waals surface area contributed by atoms with Crippen molar-refractivity contribution in [2.45, 2.75) is 36.6 Å². The molecule has 1 atom stereocenters. The summed E-state index contributed by atoms with van der Waals surface area (Å²) in [6.45, 7) is 3.28. The molecule has 0 bridgehead atoms.